The average molecular weight is 901 g/mol. The van der Waals surface area contributed by atoms with E-state index in [1.807, 2.05) is 0 Å². The predicted molar refractivity (Wildman–Crippen MR) is 275 cm³/mol. The number of ether oxygens (including phenoxy) is 3. The molecule has 0 aromatic carbocycles. The molecule has 0 rings (SSSR count). The number of unbranched alkanes of at least 4 members (excludes halogenated alkanes) is 37. The minimum atomic E-state index is -0.768. The zero-order chi connectivity index (χ0) is 46.5. The van der Waals surface area contributed by atoms with Gasteiger partial charge in [0.2, 0.25) is 0 Å². The van der Waals surface area contributed by atoms with Gasteiger partial charge in [0, 0.05) is 19.3 Å². The van der Waals surface area contributed by atoms with Crippen LogP contribution in [0.5, 0.6) is 0 Å². The van der Waals surface area contributed by atoms with Crippen LogP contribution in [-0.2, 0) is 28.6 Å². The van der Waals surface area contributed by atoms with E-state index in [9.17, 15) is 14.4 Å². The summed E-state index contributed by atoms with van der Waals surface area (Å²) in [4.78, 5) is 38.1. The number of rotatable bonds is 52. The molecule has 0 bridgehead atoms. The standard InChI is InChI=1S/C58H108O6/c1-4-7-10-13-16-19-22-25-27-29-31-33-36-38-41-44-47-50-56(59)62-53-55(64-58(61)52-49-46-43-40-35-24-21-18-15-12-9-6-3)54-63-57(60)51-48-45-42-39-37-34-32-30-28-26-23-20-17-14-11-8-5-2/h16,19,25,27,55H,4-15,17-18,20-24,26,28-54H2,1-3H3/b19-16-,27-25-/t55-/m1/s1. The van der Waals surface area contributed by atoms with Crippen molar-refractivity contribution in [3.63, 3.8) is 0 Å². The molecule has 0 N–H and O–H groups in total. The van der Waals surface area contributed by atoms with Gasteiger partial charge in [-0.15, -0.1) is 0 Å². The first-order chi connectivity index (χ1) is 31.5. The van der Waals surface area contributed by atoms with Crippen molar-refractivity contribution >= 4 is 17.9 Å². The molecule has 1 atom stereocenters. The van der Waals surface area contributed by atoms with Gasteiger partial charge in [-0.2, -0.15) is 0 Å². The minimum Gasteiger partial charge on any atom is -0.462 e. The van der Waals surface area contributed by atoms with Crippen molar-refractivity contribution in [3.8, 4) is 0 Å². The van der Waals surface area contributed by atoms with Crippen molar-refractivity contribution in [1.82, 2.24) is 0 Å². The molecular formula is C58H108O6. The third-order valence-electron chi connectivity index (χ3n) is 12.7. The van der Waals surface area contributed by atoms with Gasteiger partial charge in [0.25, 0.3) is 0 Å². The highest BCUT2D eigenvalue weighted by atomic mass is 16.6. The third kappa shape index (κ3) is 50.9. The van der Waals surface area contributed by atoms with Gasteiger partial charge in [0.1, 0.15) is 13.2 Å². The topological polar surface area (TPSA) is 78.9 Å². The van der Waals surface area contributed by atoms with Crippen LogP contribution >= 0.6 is 0 Å². The Morgan fingerprint density at radius 3 is 0.891 bits per heavy atom. The largest absolute Gasteiger partial charge is 0.462 e. The normalized spacial score (nSPS) is 12.1. The number of carbonyl (C=O) groups excluding carboxylic acids is 3. The summed E-state index contributed by atoms with van der Waals surface area (Å²) in [6.45, 7) is 6.65. The molecule has 0 amide bonds. The lowest BCUT2D eigenvalue weighted by molar-refractivity contribution is -0.167. The van der Waals surface area contributed by atoms with Crippen LogP contribution in [-0.4, -0.2) is 37.2 Å². The first-order valence-electron chi connectivity index (χ1n) is 28.3. The van der Waals surface area contributed by atoms with Crippen LogP contribution in [0.1, 0.15) is 310 Å². The summed E-state index contributed by atoms with van der Waals surface area (Å²) in [5.41, 5.74) is 0. The van der Waals surface area contributed by atoms with E-state index in [2.05, 4.69) is 45.1 Å². The van der Waals surface area contributed by atoms with E-state index in [0.29, 0.717) is 19.3 Å². The number of hydrogen-bond acceptors (Lipinski definition) is 6. The second-order valence-corrected chi connectivity index (χ2v) is 19.2. The van der Waals surface area contributed by atoms with E-state index in [-0.39, 0.29) is 31.1 Å². The summed E-state index contributed by atoms with van der Waals surface area (Å²) in [6.07, 6.45) is 61.6. The van der Waals surface area contributed by atoms with E-state index in [4.69, 9.17) is 14.2 Å². The van der Waals surface area contributed by atoms with Crippen LogP contribution in [0.2, 0.25) is 0 Å². The second kappa shape index (κ2) is 53.5. The van der Waals surface area contributed by atoms with Gasteiger partial charge in [-0.3, -0.25) is 14.4 Å². The molecule has 0 spiro atoms. The number of carbonyl (C=O) groups is 3. The van der Waals surface area contributed by atoms with E-state index >= 15 is 0 Å². The molecule has 0 heterocycles. The van der Waals surface area contributed by atoms with Crippen LogP contribution in [0.25, 0.3) is 0 Å². The Labute approximate surface area is 398 Å². The van der Waals surface area contributed by atoms with Crippen molar-refractivity contribution in [2.24, 2.45) is 0 Å². The Morgan fingerprint density at radius 2 is 0.562 bits per heavy atom. The van der Waals surface area contributed by atoms with Crippen molar-refractivity contribution in [2.45, 2.75) is 316 Å². The zero-order valence-electron chi connectivity index (χ0n) is 43.1. The highest BCUT2D eigenvalue weighted by molar-refractivity contribution is 5.71. The molecule has 0 fully saturated rings. The summed E-state index contributed by atoms with van der Waals surface area (Å²) in [5.74, 6) is -0.857. The molecule has 0 saturated heterocycles. The number of allylic oxidation sites excluding steroid dienone is 4. The van der Waals surface area contributed by atoms with Crippen LogP contribution in [0, 0.1) is 0 Å². The van der Waals surface area contributed by atoms with Crippen LogP contribution < -0.4 is 0 Å². The highest BCUT2D eigenvalue weighted by Gasteiger charge is 2.19. The lowest BCUT2D eigenvalue weighted by Gasteiger charge is -2.18. The first-order valence-corrected chi connectivity index (χ1v) is 28.3. The quantitative estimate of drug-likeness (QED) is 0.0262. The van der Waals surface area contributed by atoms with Gasteiger partial charge in [0.05, 0.1) is 0 Å². The van der Waals surface area contributed by atoms with Crippen LogP contribution in [0.4, 0.5) is 0 Å². The second-order valence-electron chi connectivity index (χ2n) is 19.2. The summed E-state index contributed by atoms with van der Waals surface area (Å²) < 4.78 is 16.9. The third-order valence-corrected chi connectivity index (χ3v) is 12.7. The molecule has 376 valence electrons. The number of esters is 3. The predicted octanol–water partition coefficient (Wildman–Crippen LogP) is 18.7. The fourth-order valence-corrected chi connectivity index (χ4v) is 8.42. The monoisotopic (exact) mass is 901 g/mol. The van der Waals surface area contributed by atoms with Gasteiger partial charge in [-0.1, -0.05) is 263 Å². The van der Waals surface area contributed by atoms with Crippen molar-refractivity contribution < 1.29 is 28.6 Å². The summed E-state index contributed by atoms with van der Waals surface area (Å²) in [5, 5.41) is 0. The molecule has 64 heavy (non-hydrogen) atoms. The van der Waals surface area contributed by atoms with Crippen molar-refractivity contribution in [2.75, 3.05) is 13.2 Å². The lowest BCUT2D eigenvalue weighted by atomic mass is 10.0. The van der Waals surface area contributed by atoms with Gasteiger partial charge in [-0.25, -0.2) is 0 Å². The Hall–Kier alpha value is -2.11. The SMILES string of the molecule is CCCCC/C=C\C/C=C\CCCCCCCCCC(=O)OC[C@H](COC(=O)CCCCCCCCCCCCCCCCCCC)OC(=O)CCCCCCCCCCCCCC. The van der Waals surface area contributed by atoms with Gasteiger partial charge in [-0.05, 0) is 51.4 Å². The maximum absolute atomic E-state index is 12.8. The van der Waals surface area contributed by atoms with E-state index < -0.39 is 6.10 Å². The summed E-state index contributed by atoms with van der Waals surface area (Å²) >= 11 is 0. The van der Waals surface area contributed by atoms with Crippen LogP contribution in [0.3, 0.4) is 0 Å². The summed E-state index contributed by atoms with van der Waals surface area (Å²) in [7, 11) is 0. The molecule has 0 aromatic rings. The Balaban J connectivity index is 4.30. The number of hydrogen-bond donors (Lipinski definition) is 0. The molecule has 6 heteroatoms. The Morgan fingerprint density at radius 1 is 0.312 bits per heavy atom. The zero-order valence-corrected chi connectivity index (χ0v) is 43.1. The van der Waals surface area contributed by atoms with E-state index in [1.165, 1.54) is 199 Å². The average Bonchev–Trinajstić information content (AvgIpc) is 3.29. The fourth-order valence-electron chi connectivity index (χ4n) is 8.42. The molecule has 0 aliphatic heterocycles. The highest BCUT2D eigenvalue weighted by Crippen LogP contribution is 2.17. The molecule has 0 saturated carbocycles. The molecular weight excluding hydrogens is 793 g/mol. The van der Waals surface area contributed by atoms with E-state index in [1.54, 1.807) is 0 Å². The minimum absolute atomic E-state index is 0.0682. The van der Waals surface area contributed by atoms with Gasteiger partial charge < -0.3 is 14.2 Å². The molecule has 6 nitrogen and oxygen atoms in total. The fraction of sp³-hybridized carbons (Fsp3) is 0.879. The molecule has 0 aliphatic carbocycles. The van der Waals surface area contributed by atoms with Crippen molar-refractivity contribution in [3.05, 3.63) is 24.3 Å². The molecule has 0 aromatic heterocycles. The van der Waals surface area contributed by atoms with Gasteiger partial charge >= 0.3 is 17.9 Å². The Kier molecular flexibility index (Phi) is 51.7. The Bertz CT molecular complexity index is 1040. The maximum Gasteiger partial charge on any atom is 0.306 e. The van der Waals surface area contributed by atoms with E-state index in [0.717, 1.165) is 70.6 Å². The molecule has 0 aliphatic rings. The molecule has 0 unspecified atom stereocenters. The molecule has 0 radical (unpaired) electrons. The van der Waals surface area contributed by atoms with Crippen LogP contribution in [0.15, 0.2) is 24.3 Å². The maximum atomic E-state index is 12.8. The smallest absolute Gasteiger partial charge is 0.306 e. The summed E-state index contributed by atoms with van der Waals surface area (Å²) in [6, 6.07) is 0. The van der Waals surface area contributed by atoms with Gasteiger partial charge in [0.15, 0.2) is 6.10 Å². The first kappa shape index (κ1) is 61.9. The van der Waals surface area contributed by atoms with Crippen molar-refractivity contribution in [1.29, 1.82) is 0 Å². The lowest BCUT2D eigenvalue weighted by Crippen LogP contribution is -2.30.